The van der Waals surface area contributed by atoms with Gasteiger partial charge in [-0.15, -0.1) is 0 Å². The van der Waals surface area contributed by atoms with Gasteiger partial charge in [0.15, 0.2) is 0 Å². The topological polar surface area (TPSA) is 75.8 Å². The van der Waals surface area contributed by atoms with Crippen LogP contribution in [0.2, 0.25) is 0 Å². The molecular weight excluding hydrogens is 272 g/mol. The summed E-state index contributed by atoms with van der Waals surface area (Å²) < 4.78 is 5.44. The van der Waals surface area contributed by atoms with E-state index < -0.39 is 4.92 Å². The van der Waals surface area contributed by atoms with Crippen LogP contribution < -0.4 is 9.64 Å². The molecule has 1 saturated heterocycles. The fourth-order valence-corrected chi connectivity index (χ4v) is 2.88. The molecule has 6 nitrogen and oxygen atoms in total. The van der Waals surface area contributed by atoms with Crippen molar-refractivity contribution in [1.29, 1.82) is 0 Å². The molecule has 21 heavy (non-hydrogen) atoms. The van der Waals surface area contributed by atoms with E-state index in [4.69, 9.17) is 4.74 Å². The van der Waals surface area contributed by atoms with E-state index in [0.29, 0.717) is 18.8 Å². The normalized spacial score (nSPS) is 18.6. The Bertz CT molecular complexity index is 491. The molecule has 0 radical (unpaired) electrons. The molecule has 1 heterocycles. The van der Waals surface area contributed by atoms with Crippen molar-refractivity contribution in [1.82, 2.24) is 0 Å². The molecule has 0 amide bonds. The minimum atomic E-state index is -0.392. The number of nitro benzene ring substituents is 1. The van der Waals surface area contributed by atoms with E-state index in [-0.39, 0.29) is 18.3 Å². The number of rotatable bonds is 6. The molecule has 0 saturated carbocycles. The maximum atomic E-state index is 11.1. The van der Waals surface area contributed by atoms with Crippen molar-refractivity contribution in [3.63, 3.8) is 0 Å². The second-order valence-corrected chi connectivity index (χ2v) is 5.23. The number of ether oxygens (including phenoxy) is 1. The van der Waals surface area contributed by atoms with Gasteiger partial charge < -0.3 is 14.7 Å². The van der Waals surface area contributed by atoms with Gasteiger partial charge in [0, 0.05) is 37.0 Å². The van der Waals surface area contributed by atoms with Crippen LogP contribution in [0.25, 0.3) is 0 Å². The molecule has 1 aliphatic rings. The lowest BCUT2D eigenvalue weighted by Crippen LogP contribution is -2.40. The molecule has 2 rings (SSSR count). The van der Waals surface area contributed by atoms with Gasteiger partial charge in [0.1, 0.15) is 5.75 Å². The molecule has 116 valence electrons. The van der Waals surface area contributed by atoms with E-state index in [1.807, 2.05) is 13.0 Å². The van der Waals surface area contributed by atoms with Crippen LogP contribution >= 0.6 is 0 Å². The van der Waals surface area contributed by atoms with Crippen molar-refractivity contribution in [2.24, 2.45) is 0 Å². The van der Waals surface area contributed by atoms with Crippen LogP contribution in [0.3, 0.4) is 0 Å². The van der Waals surface area contributed by atoms with E-state index in [1.165, 1.54) is 6.07 Å². The number of benzene rings is 1. The Hall–Kier alpha value is -1.82. The number of nitrogens with zero attached hydrogens (tertiary/aromatic N) is 2. The Labute approximate surface area is 124 Å². The zero-order chi connectivity index (χ0) is 15.2. The van der Waals surface area contributed by atoms with Crippen LogP contribution in [0.1, 0.15) is 32.6 Å². The van der Waals surface area contributed by atoms with Gasteiger partial charge in [-0.25, -0.2) is 0 Å². The number of anilines is 1. The third-order valence-corrected chi connectivity index (χ3v) is 3.82. The summed E-state index contributed by atoms with van der Waals surface area (Å²) in [4.78, 5) is 12.9. The number of hydrogen-bond donors (Lipinski definition) is 1. The monoisotopic (exact) mass is 294 g/mol. The van der Waals surface area contributed by atoms with E-state index in [9.17, 15) is 15.2 Å². The molecule has 1 atom stereocenters. The van der Waals surface area contributed by atoms with Crippen LogP contribution in [0, 0.1) is 10.1 Å². The summed E-state index contributed by atoms with van der Waals surface area (Å²) in [6.45, 7) is 3.32. The van der Waals surface area contributed by atoms with Gasteiger partial charge in [-0.05, 0) is 32.6 Å². The molecule has 0 spiro atoms. The third kappa shape index (κ3) is 3.85. The van der Waals surface area contributed by atoms with Crippen molar-refractivity contribution in [3.8, 4) is 5.75 Å². The highest BCUT2D eigenvalue weighted by atomic mass is 16.6. The average molecular weight is 294 g/mol. The van der Waals surface area contributed by atoms with Gasteiger partial charge in [-0.1, -0.05) is 0 Å². The van der Waals surface area contributed by atoms with Crippen LogP contribution in [0.5, 0.6) is 5.75 Å². The maximum absolute atomic E-state index is 11.1. The maximum Gasteiger partial charge on any atom is 0.275 e. The summed E-state index contributed by atoms with van der Waals surface area (Å²) in [7, 11) is 0. The lowest BCUT2D eigenvalue weighted by atomic mass is 9.98. The van der Waals surface area contributed by atoms with Crippen LogP contribution in [-0.4, -0.2) is 35.8 Å². The Morgan fingerprint density at radius 3 is 2.90 bits per heavy atom. The van der Waals surface area contributed by atoms with Gasteiger partial charge in [0.25, 0.3) is 5.69 Å². The molecule has 1 aromatic rings. The first-order chi connectivity index (χ1) is 10.2. The predicted octanol–water partition coefficient (Wildman–Crippen LogP) is 2.73. The number of hydrogen-bond acceptors (Lipinski definition) is 5. The van der Waals surface area contributed by atoms with Gasteiger partial charge in [-0.2, -0.15) is 0 Å². The largest absolute Gasteiger partial charge is 0.494 e. The minimum Gasteiger partial charge on any atom is -0.494 e. The number of aliphatic hydroxyl groups excluding tert-OH is 1. The first kappa shape index (κ1) is 15.6. The zero-order valence-electron chi connectivity index (χ0n) is 12.3. The molecule has 6 heteroatoms. The number of piperidine rings is 1. The fourth-order valence-electron chi connectivity index (χ4n) is 2.88. The average Bonchev–Trinajstić information content (AvgIpc) is 2.48. The van der Waals surface area contributed by atoms with Gasteiger partial charge in [-0.3, -0.25) is 10.1 Å². The summed E-state index contributed by atoms with van der Waals surface area (Å²) in [5.74, 6) is 0.523. The molecule has 1 fully saturated rings. The molecule has 0 aliphatic carbocycles. The predicted molar refractivity (Wildman–Crippen MR) is 81.0 cm³/mol. The smallest absolute Gasteiger partial charge is 0.275 e. The quantitative estimate of drug-likeness (QED) is 0.645. The Morgan fingerprint density at radius 1 is 1.43 bits per heavy atom. The number of non-ortho nitro benzene ring substituents is 1. The summed E-state index contributed by atoms with van der Waals surface area (Å²) in [5, 5.41) is 20.3. The van der Waals surface area contributed by atoms with Crippen molar-refractivity contribution in [2.45, 2.75) is 38.6 Å². The van der Waals surface area contributed by atoms with Crippen molar-refractivity contribution in [2.75, 3.05) is 24.7 Å². The first-order valence-corrected chi connectivity index (χ1v) is 7.45. The molecule has 1 aromatic carbocycles. The first-order valence-electron chi connectivity index (χ1n) is 7.45. The lowest BCUT2D eigenvalue weighted by molar-refractivity contribution is -0.384. The molecule has 0 aromatic heterocycles. The van der Waals surface area contributed by atoms with Crippen molar-refractivity contribution >= 4 is 11.4 Å². The number of aliphatic hydroxyl groups is 1. The highest BCUT2D eigenvalue weighted by Crippen LogP contribution is 2.33. The number of nitro groups is 1. The highest BCUT2D eigenvalue weighted by Gasteiger charge is 2.24. The lowest BCUT2D eigenvalue weighted by Gasteiger charge is -2.37. The SMILES string of the molecule is CCOc1cc(N2CCCCC2CCO)cc([N+](=O)[O-])c1. The second kappa shape index (κ2) is 7.26. The third-order valence-electron chi connectivity index (χ3n) is 3.82. The zero-order valence-corrected chi connectivity index (χ0v) is 12.3. The Kier molecular flexibility index (Phi) is 5.38. The van der Waals surface area contributed by atoms with Crippen LogP contribution in [-0.2, 0) is 0 Å². The van der Waals surface area contributed by atoms with Crippen molar-refractivity contribution < 1.29 is 14.8 Å². The summed E-state index contributed by atoms with van der Waals surface area (Å²) in [6.07, 6.45) is 3.89. The summed E-state index contributed by atoms with van der Waals surface area (Å²) >= 11 is 0. The van der Waals surface area contributed by atoms with Gasteiger partial charge in [0.2, 0.25) is 0 Å². The molecular formula is C15H22N2O4. The van der Waals surface area contributed by atoms with Crippen molar-refractivity contribution in [3.05, 3.63) is 28.3 Å². The molecule has 0 bridgehead atoms. The van der Waals surface area contributed by atoms with E-state index in [2.05, 4.69) is 4.90 Å². The molecule has 1 N–H and O–H groups in total. The fraction of sp³-hybridized carbons (Fsp3) is 0.600. The Morgan fingerprint density at radius 2 is 2.24 bits per heavy atom. The van der Waals surface area contributed by atoms with E-state index in [1.54, 1.807) is 6.07 Å². The van der Waals surface area contributed by atoms with Crippen LogP contribution in [0.15, 0.2) is 18.2 Å². The van der Waals surface area contributed by atoms with Crippen LogP contribution in [0.4, 0.5) is 11.4 Å². The summed E-state index contributed by atoms with van der Waals surface area (Å²) in [5.41, 5.74) is 0.857. The second-order valence-electron chi connectivity index (χ2n) is 5.23. The highest BCUT2D eigenvalue weighted by molar-refractivity contribution is 5.58. The Balaban J connectivity index is 2.33. The molecule has 1 aliphatic heterocycles. The summed E-state index contributed by atoms with van der Waals surface area (Å²) in [6, 6.07) is 5.14. The minimum absolute atomic E-state index is 0.0456. The van der Waals surface area contributed by atoms with Gasteiger partial charge in [0.05, 0.1) is 17.6 Å². The standard InChI is InChI=1S/C15H22N2O4/c1-2-21-15-10-13(9-14(11-15)17(19)20)16-7-4-3-5-12(16)6-8-18/h9-12,18H,2-8H2,1H3. The molecule has 1 unspecified atom stereocenters. The van der Waals surface area contributed by atoms with Gasteiger partial charge >= 0.3 is 0 Å². The van der Waals surface area contributed by atoms with E-state index >= 15 is 0 Å². The van der Waals surface area contributed by atoms with E-state index in [0.717, 1.165) is 31.5 Å².